The number of carbonyl (C=O) groups is 2. The molecule has 0 aliphatic rings. The summed E-state index contributed by atoms with van der Waals surface area (Å²) in [5, 5.41) is 23.3. The minimum absolute atomic E-state index is 0.0316. The number of aliphatic hydroxyl groups excluding tert-OH is 2. The minimum atomic E-state index is -0.684. The molecule has 6 heteroatoms. The molecule has 0 bridgehead atoms. The maximum Gasteiger partial charge on any atom is 0.305 e. The summed E-state index contributed by atoms with van der Waals surface area (Å²) in [6, 6.07) is -0.563. The molecule has 0 aromatic heterocycles. The fourth-order valence-electron chi connectivity index (χ4n) is 9.20. The van der Waals surface area contributed by atoms with E-state index >= 15 is 0 Å². The highest BCUT2D eigenvalue weighted by atomic mass is 16.5. The van der Waals surface area contributed by atoms with Gasteiger partial charge < -0.3 is 20.3 Å². The number of hydrogen-bond acceptors (Lipinski definition) is 5. The van der Waals surface area contributed by atoms with Gasteiger partial charge in [0.15, 0.2) is 0 Å². The van der Waals surface area contributed by atoms with Crippen LogP contribution in [0.3, 0.4) is 0 Å². The molecule has 0 saturated heterocycles. The van der Waals surface area contributed by atoms with Crippen molar-refractivity contribution in [2.75, 3.05) is 13.2 Å². The van der Waals surface area contributed by atoms with Crippen molar-refractivity contribution in [3.05, 3.63) is 24.3 Å². The number of rotatable bonds is 55. The lowest BCUT2D eigenvalue weighted by molar-refractivity contribution is -0.143. The van der Waals surface area contributed by atoms with E-state index in [9.17, 15) is 19.8 Å². The highest BCUT2D eigenvalue weighted by Crippen LogP contribution is 2.18. The standard InChI is InChI=1S/C60H115NO5/c1-3-5-7-9-11-13-15-17-19-21-22-23-24-25-26-28-29-31-33-36-40-44-48-52-58(63)57(56-62)61-59(64)53-49-45-41-37-35-39-43-47-51-55-66-60(65)54-50-46-42-38-34-32-30-27-20-18-16-14-12-10-8-6-4-2/h12,14,18,20,57-58,62-63H,3-11,13,15-17,19,21-56H2,1-2H3,(H,61,64)/b14-12-,20-18-. The van der Waals surface area contributed by atoms with Crippen LogP contribution in [0.2, 0.25) is 0 Å². The lowest BCUT2D eigenvalue weighted by Gasteiger charge is -2.22. The van der Waals surface area contributed by atoms with Gasteiger partial charge in [-0.3, -0.25) is 9.59 Å². The Morgan fingerprint density at radius 1 is 0.424 bits per heavy atom. The number of allylic oxidation sites excluding steroid dienone is 4. The van der Waals surface area contributed by atoms with Gasteiger partial charge >= 0.3 is 5.97 Å². The number of carbonyl (C=O) groups excluding carboxylic acids is 2. The van der Waals surface area contributed by atoms with Gasteiger partial charge in [0, 0.05) is 12.8 Å². The second-order valence-corrected chi connectivity index (χ2v) is 20.3. The van der Waals surface area contributed by atoms with Gasteiger partial charge in [0.2, 0.25) is 5.91 Å². The predicted molar refractivity (Wildman–Crippen MR) is 287 cm³/mol. The molecule has 0 aliphatic heterocycles. The van der Waals surface area contributed by atoms with Crippen LogP contribution < -0.4 is 5.32 Å². The maximum absolute atomic E-state index is 12.5. The molecule has 0 heterocycles. The molecule has 0 fully saturated rings. The normalized spacial score (nSPS) is 12.7. The Morgan fingerprint density at radius 3 is 1.18 bits per heavy atom. The SMILES string of the molecule is CCCCC/C=C\C/C=C\CCCCCCCCCC(=O)OCCCCCCCCCCCC(=O)NC(CO)C(O)CCCCCCCCCCCCCCCCCCCCCCCCC. The number of nitrogens with one attached hydrogen (secondary N) is 1. The van der Waals surface area contributed by atoms with Crippen molar-refractivity contribution in [3.63, 3.8) is 0 Å². The molecule has 0 aliphatic carbocycles. The molecule has 0 radical (unpaired) electrons. The largest absolute Gasteiger partial charge is 0.466 e. The van der Waals surface area contributed by atoms with Gasteiger partial charge in [-0.05, 0) is 57.8 Å². The zero-order valence-corrected chi connectivity index (χ0v) is 44.4. The van der Waals surface area contributed by atoms with Crippen LogP contribution in [0, 0.1) is 0 Å². The van der Waals surface area contributed by atoms with E-state index in [2.05, 4.69) is 43.5 Å². The Hall–Kier alpha value is -1.66. The molecule has 390 valence electrons. The summed E-state index contributed by atoms with van der Waals surface area (Å²) in [7, 11) is 0. The van der Waals surface area contributed by atoms with E-state index in [0.29, 0.717) is 25.9 Å². The first-order valence-corrected chi connectivity index (χ1v) is 29.6. The summed E-state index contributed by atoms with van der Waals surface area (Å²) in [5.74, 6) is -0.0917. The number of esters is 1. The maximum atomic E-state index is 12.5. The van der Waals surface area contributed by atoms with E-state index in [-0.39, 0.29) is 18.5 Å². The third-order valence-corrected chi connectivity index (χ3v) is 13.8. The molecule has 2 unspecified atom stereocenters. The number of ether oxygens (including phenoxy) is 1. The van der Waals surface area contributed by atoms with Crippen molar-refractivity contribution in [2.24, 2.45) is 0 Å². The lowest BCUT2D eigenvalue weighted by atomic mass is 10.0. The van der Waals surface area contributed by atoms with Gasteiger partial charge in [0.1, 0.15) is 0 Å². The summed E-state index contributed by atoms with van der Waals surface area (Å²) >= 11 is 0. The van der Waals surface area contributed by atoms with E-state index in [1.807, 2.05) is 0 Å². The van der Waals surface area contributed by atoms with Crippen LogP contribution in [0.25, 0.3) is 0 Å². The summed E-state index contributed by atoms with van der Waals surface area (Å²) in [4.78, 5) is 24.6. The highest BCUT2D eigenvalue weighted by molar-refractivity contribution is 5.76. The first kappa shape index (κ1) is 64.3. The fraction of sp³-hybridized carbons (Fsp3) is 0.900. The molecule has 1 amide bonds. The van der Waals surface area contributed by atoms with Crippen LogP contribution >= 0.6 is 0 Å². The van der Waals surface area contributed by atoms with E-state index in [1.165, 1.54) is 225 Å². The number of aliphatic hydroxyl groups is 2. The van der Waals surface area contributed by atoms with Crippen molar-refractivity contribution < 1.29 is 24.5 Å². The smallest absolute Gasteiger partial charge is 0.305 e. The second kappa shape index (κ2) is 55.9. The van der Waals surface area contributed by atoms with Gasteiger partial charge in [-0.15, -0.1) is 0 Å². The monoisotopic (exact) mass is 930 g/mol. The molecular weight excluding hydrogens is 815 g/mol. The van der Waals surface area contributed by atoms with Crippen molar-refractivity contribution in [3.8, 4) is 0 Å². The first-order chi connectivity index (χ1) is 32.5. The average molecular weight is 931 g/mol. The predicted octanol–water partition coefficient (Wildman–Crippen LogP) is 18.2. The Balaban J connectivity index is 3.47. The molecule has 6 nitrogen and oxygen atoms in total. The molecular formula is C60H115NO5. The van der Waals surface area contributed by atoms with Crippen LogP contribution in [-0.4, -0.2) is 47.4 Å². The first-order valence-electron chi connectivity index (χ1n) is 29.6. The third-order valence-electron chi connectivity index (χ3n) is 13.8. The van der Waals surface area contributed by atoms with Crippen LogP contribution in [0.15, 0.2) is 24.3 Å². The molecule has 0 rings (SSSR count). The summed E-state index contributed by atoms with van der Waals surface area (Å²) in [6.45, 7) is 4.88. The Bertz CT molecular complexity index is 1030. The van der Waals surface area contributed by atoms with Crippen molar-refractivity contribution in [1.29, 1.82) is 0 Å². The Labute approximate surface area is 411 Å². The van der Waals surface area contributed by atoms with Crippen molar-refractivity contribution in [2.45, 2.75) is 334 Å². The zero-order chi connectivity index (χ0) is 47.9. The van der Waals surface area contributed by atoms with Gasteiger partial charge in [0.25, 0.3) is 0 Å². The third kappa shape index (κ3) is 51.7. The average Bonchev–Trinajstić information content (AvgIpc) is 3.32. The lowest BCUT2D eigenvalue weighted by Crippen LogP contribution is -2.45. The Morgan fingerprint density at radius 2 is 0.758 bits per heavy atom. The highest BCUT2D eigenvalue weighted by Gasteiger charge is 2.20. The van der Waals surface area contributed by atoms with E-state index < -0.39 is 12.1 Å². The molecule has 2 atom stereocenters. The van der Waals surface area contributed by atoms with Crippen molar-refractivity contribution in [1.82, 2.24) is 5.32 Å². The van der Waals surface area contributed by atoms with Gasteiger partial charge in [-0.2, -0.15) is 0 Å². The molecule has 0 aromatic rings. The number of amides is 1. The molecule has 0 aromatic carbocycles. The minimum Gasteiger partial charge on any atom is -0.466 e. The van der Waals surface area contributed by atoms with Crippen LogP contribution in [0.5, 0.6) is 0 Å². The zero-order valence-electron chi connectivity index (χ0n) is 44.4. The van der Waals surface area contributed by atoms with Gasteiger partial charge in [0.05, 0.1) is 25.4 Å². The summed E-state index contributed by atoms with van der Waals surface area (Å²) in [6.07, 6.45) is 67.4. The van der Waals surface area contributed by atoms with Gasteiger partial charge in [-0.1, -0.05) is 276 Å². The van der Waals surface area contributed by atoms with E-state index in [0.717, 1.165) is 64.2 Å². The van der Waals surface area contributed by atoms with Gasteiger partial charge in [-0.25, -0.2) is 0 Å². The molecule has 0 saturated carbocycles. The summed E-state index contributed by atoms with van der Waals surface area (Å²) in [5.41, 5.74) is 0. The number of unbranched alkanes of at least 4 members (excludes halogenated alkanes) is 40. The molecule has 3 N–H and O–H groups in total. The topological polar surface area (TPSA) is 95.9 Å². The second-order valence-electron chi connectivity index (χ2n) is 20.3. The van der Waals surface area contributed by atoms with Crippen LogP contribution in [-0.2, 0) is 14.3 Å². The van der Waals surface area contributed by atoms with Crippen LogP contribution in [0.4, 0.5) is 0 Å². The van der Waals surface area contributed by atoms with E-state index in [1.54, 1.807) is 0 Å². The van der Waals surface area contributed by atoms with Crippen molar-refractivity contribution >= 4 is 11.9 Å². The van der Waals surface area contributed by atoms with E-state index in [4.69, 9.17) is 4.74 Å². The number of hydrogen-bond donors (Lipinski definition) is 3. The molecule has 66 heavy (non-hydrogen) atoms. The molecule has 0 spiro atoms. The van der Waals surface area contributed by atoms with Crippen LogP contribution in [0.1, 0.15) is 322 Å². The Kier molecular flexibility index (Phi) is 54.5. The summed E-state index contributed by atoms with van der Waals surface area (Å²) < 4.78 is 5.46. The quantitative estimate of drug-likeness (QED) is 0.0321. The fourth-order valence-corrected chi connectivity index (χ4v) is 9.20.